The largest absolute Gasteiger partial charge is 0.348 e. The molecule has 0 aromatic heterocycles. The normalized spacial score (nSPS) is 15.3. The number of benzene rings is 1. The van der Waals surface area contributed by atoms with Crippen LogP contribution in [0.3, 0.4) is 0 Å². The molecule has 3 N–H and O–H groups in total. The molecule has 0 saturated carbocycles. The summed E-state index contributed by atoms with van der Waals surface area (Å²) in [5.41, 5.74) is 1.52. The van der Waals surface area contributed by atoms with Crippen molar-refractivity contribution in [3.05, 3.63) is 41.5 Å². The van der Waals surface area contributed by atoms with Gasteiger partial charge in [-0.25, -0.2) is 13.1 Å². The van der Waals surface area contributed by atoms with Gasteiger partial charge in [0.2, 0.25) is 10.0 Å². The van der Waals surface area contributed by atoms with E-state index in [9.17, 15) is 13.2 Å². The number of sulfonamides is 1. The van der Waals surface area contributed by atoms with Gasteiger partial charge in [-0.3, -0.25) is 4.79 Å². The highest BCUT2D eigenvalue weighted by Gasteiger charge is 2.17. The van der Waals surface area contributed by atoms with Gasteiger partial charge in [-0.2, -0.15) is 0 Å². The maximum absolute atomic E-state index is 12.2. The van der Waals surface area contributed by atoms with Crippen molar-refractivity contribution in [1.29, 1.82) is 0 Å². The van der Waals surface area contributed by atoms with Crippen molar-refractivity contribution in [1.82, 2.24) is 15.4 Å². The summed E-state index contributed by atoms with van der Waals surface area (Å²) in [7, 11) is -3.60. The standard InChI is InChI=1S/C16H23N3O3S/c1-12(2)19-23(21,22)15-5-3-4-14(10-15)16(20)18-11-13-6-8-17-9-7-13/h3-6,10,12,17,19H,7-9,11H2,1-2H3,(H,18,20). The molecule has 1 amide bonds. The predicted molar refractivity (Wildman–Crippen MR) is 89.8 cm³/mol. The van der Waals surface area contributed by atoms with Gasteiger partial charge >= 0.3 is 0 Å². The lowest BCUT2D eigenvalue weighted by molar-refractivity contribution is 0.0956. The third-order valence-electron chi connectivity index (χ3n) is 3.43. The van der Waals surface area contributed by atoms with E-state index in [1.165, 1.54) is 17.7 Å². The van der Waals surface area contributed by atoms with Crippen molar-refractivity contribution in [3.63, 3.8) is 0 Å². The van der Waals surface area contributed by atoms with Gasteiger partial charge in [0, 0.05) is 24.7 Å². The SMILES string of the molecule is CC(C)NS(=O)(=O)c1cccc(C(=O)NCC2=CCNCC2)c1. The Morgan fingerprint density at radius 3 is 2.78 bits per heavy atom. The van der Waals surface area contributed by atoms with Crippen LogP contribution < -0.4 is 15.4 Å². The van der Waals surface area contributed by atoms with Gasteiger partial charge < -0.3 is 10.6 Å². The minimum Gasteiger partial charge on any atom is -0.348 e. The second-order valence-corrected chi connectivity index (χ2v) is 7.52. The van der Waals surface area contributed by atoms with Crippen LogP contribution in [0.4, 0.5) is 0 Å². The van der Waals surface area contributed by atoms with Crippen molar-refractivity contribution in [3.8, 4) is 0 Å². The molecule has 0 bridgehead atoms. The molecule has 1 aromatic rings. The molecule has 0 atom stereocenters. The minimum absolute atomic E-state index is 0.0972. The highest BCUT2D eigenvalue weighted by Crippen LogP contribution is 2.12. The van der Waals surface area contributed by atoms with E-state index in [-0.39, 0.29) is 16.8 Å². The van der Waals surface area contributed by atoms with Crippen molar-refractivity contribution in [2.45, 2.75) is 31.2 Å². The third-order valence-corrected chi connectivity index (χ3v) is 5.09. The molecule has 1 aliphatic rings. The summed E-state index contributed by atoms with van der Waals surface area (Å²) in [4.78, 5) is 12.3. The Bertz CT molecular complexity index is 696. The lowest BCUT2D eigenvalue weighted by atomic mass is 10.1. The van der Waals surface area contributed by atoms with Crippen molar-refractivity contribution < 1.29 is 13.2 Å². The Hall–Kier alpha value is -1.70. The van der Waals surface area contributed by atoms with E-state index >= 15 is 0 Å². The molecule has 2 rings (SSSR count). The van der Waals surface area contributed by atoms with Gasteiger partial charge in [0.1, 0.15) is 0 Å². The molecular weight excluding hydrogens is 314 g/mol. The fraction of sp³-hybridized carbons (Fsp3) is 0.438. The zero-order valence-electron chi connectivity index (χ0n) is 13.4. The van der Waals surface area contributed by atoms with Crippen LogP contribution in [0.2, 0.25) is 0 Å². The molecule has 0 unspecified atom stereocenters. The molecule has 126 valence electrons. The lowest BCUT2D eigenvalue weighted by Gasteiger charge is -2.15. The molecule has 0 aliphatic carbocycles. The maximum atomic E-state index is 12.2. The van der Waals surface area contributed by atoms with E-state index in [1.807, 2.05) is 0 Å². The molecule has 7 heteroatoms. The van der Waals surface area contributed by atoms with Crippen molar-refractivity contribution in [2.24, 2.45) is 0 Å². The van der Waals surface area contributed by atoms with E-state index in [0.29, 0.717) is 12.1 Å². The highest BCUT2D eigenvalue weighted by atomic mass is 32.2. The molecule has 0 saturated heterocycles. The Morgan fingerprint density at radius 2 is 2.13 bits per heavy atom. The lowest BCUT2D eigenvalue weighted by Crippen LogP contribution is -2.31. The molecule has 6 nitrogen and oxygen atoms in total. The van der Waals surface area contributed by atoms with Crippen LogP contribution in [-0.4, -0.2) is 40.0 Å². The first-order valence-corrected chi connectivity index (χ1v) is 9.16. The van der Waals surface area contributed by atoms with Gasteiger partial charge in [0.15, 0.2) is 0 Å². The Kier molecular flexibility index (Phi) is 5.92. The summed E-state index contributed by atoms with van der Waals surface area (Å²) in [6.07, 6.45) is 2.98. The predicted octanol–water partition coefficient (Wildman–Crippen LogP) is 1.02. The van der Waals surface area contributed by atoms with Crippen LogP contribution in [0.15, 0.2) is 40.8 Å². The molecule has 23 heavy (non-hydrogen) atoms. The first-order valence-electron chi connectivity index (χ1n) is 7.68. The summed E-state index contributed by atoms with van der Waals surface area (Å²) >= 11 is 0. The summed E-state index contributed by atoms with van der Waals surface area (Å²) in [6.45, 7) is 5.72. The molecule has 1 aliphatic heterocycles. The average molecular weight is 337 g/mol. The molecule has 0 fully saturated rings. The van der Waals surface area contributed by atoms with Crippen LogP contribution in [-0.2, 0) is 10.0 Å². The Labute approximate surface area is 137 Å². The number of carbonyl (C=O) groups is 1. The van der Waals surface area contributed by atoms with E-state index < -0.39 is 10.0 Å². The fourth-order valence-electron chi connectivity index (χ4n) is 2.31. The van der Waals surface area contributed by atoms with Crippen LogP contribution in [0.5, 0.6) is 0 Å². The second-order valence-electron chi connectivity index (χ2n) is 5.80. The first kappa shape index (κ1) is 17.7. The van der Waals surface area contributed by atoms with E-state index in [2.05, 4.69) is 21.4 Å². The van der Waals surface area contributed by atoms with E-state index in [0.717, 1.165) is 19.5 Å². The quantitative estimate of drug-likeness (QED) is 0.677. The number of carbonyl (C=O) groups excluding carboxylic acids is 1. The number of amides is 1. The van der Waals surface area contributed by atoms with Gasteiger partial charge in [-0.05, 0) is 45.0 Å². The van der Waals surface area contributed by atoms with Crippen LogP contribution >= 0.6 is 0 Å². The summed E-state index contributed by atoms with van der Waals surface area (Å²) < 4.78 is 26.8. The van der Waals surface area contributed by atoms with Gasteiger partial charge in [0.25, 0.3) is 5.91 Å². The van der Waals surface area contributed by atoms with Crippen molar-refractivity contribution in [2.75, 3.05) is 19.6 Å². The first-order chi connectivity index (χ1) is 10.9. The Balaban J connectivity index is 2.06. The second kappa shape index (κ2) is 7.72. The molecular formula is C16H23N3O3S. The van der Waals surface area contributed by atoms with Gasteiger partial charge in [-0.15, -0.1) is 0 Å². The number of hydrogen-bond donors (Lipinski definition) is 3. The maximum Gasteiger partial charge on any atom is 0.251 e. The minimum atomic E-state index is -3.60. The van der Waals surface area contributed by atoms with E-state index in [4.69, 9.17) is 0 Å². The topological polar surface area (TPSA) is 87.3 Å². The van der Waals surface area contributed by atoms with Gasteiger partial charge in [-0.1, -0.05) is 17.7 Å². The molecule has 0 radical (unpaired) electrons. The molecule has 1 heterocycles. The average Bonchev–Trinajstić information content (AvgIpc) is 2.52. The third kappa shape index (κ3) is 5.16. The fourth-order valence-corrected chi connectivity index (χ4v) is 3.61. The number of rotatable bonds is 6. The molecule has 0 spiro atoms. The summed E-state index contributed by atoms with van der Waals surface area (Å²) in [5, 5.41) is 6.05. The Morgan fingerprint density at radius 1 is 1.35 bits per heavy atom. The van der Waals surface area contributed by atoms with Crippen LogP contribution in [0.25, 0.3) is 0 Å². The van der Waals surface area contributed by atoms with E-state index in [1.54, 1.807) is 26.0 Å². The number of hydrogen-bond acceptors (Lipinski definition) is 4. The zero-order chi connectivity index (χ0) is 16.9. The van der Waals surface area contributed by atoms with Gasteiger partial charge in [0.05, 0.1) is 4.90 Å². The highest BCUT2D eigenvalue weighted by molar-refractivity contribution is 7.89. The summed E-state index contributed by atoms with van der Waals surface area (Å²) in [5.74, 6) is -0.272. The molecule has 1 aromatic carbocycles. The monoisotopic (exact) mass is 337 g/mol. The summed E-state index contributed by atoms with van der Waals surface area (Å²) in [6, 6.07) is 5.87. The van der Waals surface area contributed by atoms with Crippen LogP contribution in [0, 0.1) is 0 Å². The van der Waals surface area contributed by atoms with Crippen LogP contribution in [0.1, 0.15) is 30.6 Å². The van der Waals surface area contributed by atoms with Crippen molar-refractivity contribution >= 4 is 15.9 Å². The number of nitrogens with one attached hydrogen (secondary N) is 3. The smallest absolute Gasteiger partial charge is 0.251 e. The zero-order valence-corrected chi connectivity index (χ0v) is 14.2.